The zero-order valence-electron chi connectivity index (χ0n) is 10.6. The highest BCUT2D eigenvalue weighted by molar-refractivity contribution is 5.76. The largest absolute Gasteiger partial charge is 0.497 e. The fourth-order valence-corrected chi connectivity index (χ4v) is 1.68. The zero-order valence-corrected chi connectivity index (χ0v) is 10.6. The van der Waals surface area contributed by atoms with Crippen LogP contribution >= 0.6 is 0 Å². The lowest BCUT2D eigenvalue weighted by Crippen LogP contribution is -1.97. The minimum absolute atomic E-state index is 0.0238. The van der Waals surface area contributed by atoms with E-state index in [0.717, 1.165) is 0 Å². The molecule has 2 rings (SSSR count). The molecule has 0 bridgehead atoms. The maximum Gasteiger partial charge on any atom is 0.277 e. The first kappa shape index (κ1) is 12.8. The van der Waals surface area contributed by atoms with Crippen molar-refractivity contribution < 1.29 is 9.66 Å². The predicted octanol–water partition coefficient (Wildman–Crippen LogP) is 2.20. The minimum Gasteiger partial charge on any atom is -0.497 e. The quantitative estimate of drug-likeness (QED) is 0.623. The Hall–Kier alpha value is -2.63. The van der Waals surface area contributed by atoms with Crippen LogP contribution in [0.1, 0.15) is 11.1 Å². The molecule has 0 aliphatic rings. The molecule has 98 valence electrons. The number of rotatable bonds is 4. The topological polar surface area (TPSA) is 70.2 Å². The van der Waals surface area contributed by atoms with Crippen LogP contribution in [-0.2, 0) is 7.05 Å². The Kier molecular flexibility index (Phi) is 3.61. The van der Waals surface area contributed by atoms with Crippen molar-refractivity contribution in [3.63, 3.8) is 0 Å². The number of hydrogen-bond donors (Lipinski definition) is 0. The van der Waals surface area contributed by atoms with Crippen molar-refractivity contribution >= 4 is 11.8 Å². The molecule has 0 saturated carbocycles. The van der Waals surface area contributed by atoms with E-state index in [1.165, 1.54) is 6.08 Å². The SMILES string of the molecule is COc1ccc(C(=Cc2cnn(C)c2)[N+](=O)[O-])cc1. The van der Waals surface area contributed by atoms with Crippen LogP contribution in [0.4, 0.5) is 0 Å². The highest BCUT2D eigenvalue weighted by atomic mass is 16.6. The maximum absolute atomic E-state index is 11.1. The molecule has 0 atom stereocenters. The van der Waals surface area contributed by atoms with E-state index in [4.69, 9.17) is 4.74 Å². The summed E-state index contributed by atoms with van der Waals surface area (Å²) in [6, 6.07) is 6.69. The predicted molar refractivity (Wildman–Crippen MR) is 71.1 cm³/mol. The fourth-order valence-electron chi connectivity index (χ4n) is 1.68. The van der Waals surface area contributed by atoms with Gasteiger partial charge in [0.25, 0.3) is 5.70 Å². The zero-order chi connectivity index (χ0) is 13.8. The molecule has 0 aliphatic heterocycles. The average molecular weight is 259 g/mol. The molecule has 0 N–H and O–H groups in total. The Bertz CT molecular complexity index is 614. The van der Waals surface area contributed by atoms with Gasteiger partial charge in [-0.15, -0.1) is 0 Å². The molecule has 1 aromatic carbocycles. The molecule has 1 aromatic heterocycles. The van der Waals surface area contributed by atoms with E-state index in [0.29, 0.717) is 16.9 Å². The highest BCUT2D eigenvalue weighted by Gasteiger charge is 2.14. The second-order valence-corrected chi connectivity index (χ2v) is 3.96. The van der Waals surface area contributed by atoms with Gasteiger partial charge in [-0.3, -0.25) is 14.8 Å². The number of methoxy groups -OCH3 is 1. The van der Waals surface area contributed by atoms with E-state index in [2.05, 4.69) is 5.10 Å². The number of aromatic nitrogens is 2. The van der Waals surface area contributed by atoms with Crippen LogP contribution in [0.15, 0.2) is 36.7 Å². The van der Waals surface area contributed by atoms with Crippen LogP contribution in [0.2, 0.25) is 0 Å². The summed E-state index contributed by atoms with van der Waals surface area (Å²) in [6.45, 7) is 0. The van der Waals surface area contributed by atoms with E-state index < -0.39 is 4.92 Å². The van der Waals surface area contributed by atoms with Gasteiger partial charge in [0, 0.05) is 24.9 Å². The second-order valence-electron chi connectivity index (χ2n) is 3.96. The van der Waals surface area contributed by atoms with Gasteiger partial charge < -0.3 is 4.74 Å². The normalized spacial score (nSPS) is 11.4. The van der Waals surface area contributed by atoms with Gasteiger partial charge in [0.2, 0.25) is 0 Å². The van der Waals surface area contributed by atoms with Crippen molar-refractivity contribution in [3.8, 4) is 5.75 Å². The van der Waals surface area contributed by atoms with Crippen molar-refractivity contribution in [2.45, 2.75) is 0 Å². The fraction of sp³-hybridized carbons (Fsp3) is 0.154. The number of nitrogens with zero attached hydrogens (tertiary/aromatic N) is 3. The Labute approximate surface area is 110 Å². The maximum atomic E-state index is 11.1. The summed E-state index contributed by atoms with van der Waals surface area (Å²) >= 11 is 0. The molecular weight excluding hydrogens is 246 g/mol. The van der Waals surface area contributed by atoms with Gasteiger partial charge in [-0.05, 0) is 24.3 Å². The van der Waals surface area contributed by atoms with Gasteiger partial charge in [-0.2, -0.15) is 5.10 Å². The van der Waals surface area contributed by atoms with Gasteiger partial charge in [-0.25, -0.2) is 0 Å². The number of hydrogen-bond acceptors (Lipinski definition) is 4. The lowest BCUT2D eigenvalue weighted by molar-refractivity contribution is -0.374. The molecule has 6 heteroatoms. The third kappa shape index (κ3) is 2.98. The Morgan fingerprint density at radius 3 is 2.58 bits per heavy atom. The van der Waals surface area contributed by atoms with Crippen molar-refractivity contribution in [2.24, 2.45) is 7.05 Å². The van der Waals surface area contributed by atoms with Crippen molar-refractivity contribution in [1.29, 1.82) is 0 Å². The molecule has 0 saturated heterocycles. The summed E-state index contributed by atoms with van der Waals surface area (Å²) in [5.74, 6) is 0.660. The Morgan fingerprint density at radius 1 is 1.42 bits per heavy atom. The van der Waals surface area contributed by atoms with Gasteiger partial charge in [0.1, 0.15) is 5.75 Å². The molecule has 0 aliphatic carbocycles. The molecule has 2 aromatic rings. The van der Waals surface area contributed by atoms with E-state index in [1.54, 1.807) is 55.5 Å². The molecule has 0 radical (unpaired) electrons. The molecular formula is C13H13N3O3. The minimum atomic E-state index is -0.408. The van der Waals surface area contributed by atoms with Crippen LogP contribution in [0.25, 0.3) is 11.8 Å². The van der Waals surface area contributed by atoms with Gasteiger partial charge in [-0.1, -0.05) is 0 Å². The molecule has 6 nitrogen and oxygen atoms in total. The van der Waals surface area contributed by atoms with E-state index in [9.17, 15) is 10.1 Å². The summed E-state index contributed by atoms with van der Waals surface area (Å²) in [5, 5.41) is 15.1. The van der Waals surface area contributed by atoms with E-state index in [1.807, 2.05) is 0 Å². The third-order valence-electron chi connectivity index (χ3n) is 2.61. The Balaban J connectivity index is 2.39. The van der Waals surface area contributed by atoms with Gasteiger partial charge in [0.15, 0.2) is 0 Å². The van der Waals surface area contributed by atoms with Crippen LogP contribution < -0.4 is 4.74 Å². The van der Waals surface area contributed by atoms with Crippen molar-refractivity contribution in [3.05, 3.63) is 57.9 Å². The molecule has 0 fully saturated rings. The Morgan fingerprint density at radius 2 is 2.11 bits per heavy atom. The first-order valence-electron chi connectivity index (χ1n) is 5.59. The van der Waals surface area contributed by atoms with Crippen molar-refractivity contribution in [1.82, 2.24) is 9.78 Å². The van der Waals surface area contributed by atoms with Crippen LogP contribution in [0, 0.1) is 10.1 Å². The van der Waals surface area contributed by atoms with Crippen molar-refractivity contribution in [2.75, 3.05) is 7.11 Å². The smallest absolute Gasteiger partial charge is 0.277 e. The number of nitro groups is 1. The number of benzene rings is 1. The molecule has 0 spiro atoms. The van der Waals surface area contributed by atoms with Gasteiger partial charge in [0.05, 0.1) is 23.8 Å². The summed E-state index contributed by atoms with van der Waals surface area (Å²) in [5.41, 5.74) is 1.23. The lowest BCUT2D eigenvalue weighted by atomic mass is 10.1. The second kappa shape index (κ2) is 5.34. The van der Waals surface area contributed by atoms with Crippen LogP contribution in [0.3, 0.4) is 0 Å². The average Bonchev–Trinajstić information content (AvgIpc) is 2.81. The summed E-state index contributed by atoms with van der Waals surface area (Å²) in [7, 11) is 3.31. The van der Waals surface area contributed by atoms with Crippen LogP contribution in [-0.4, -0.2) is 21.8 Å². The van der Waals surface area contributed by atoms with Crippen LogP contribution in [0.5, 0.6) is 5.75 Å². The molecule has 1 heterocycles. The summed E-state index contributed by atoms with van der Waals surface area (Å²) in [4.78, 5) is 10.7. The lowest BCUT2D eigenvalue weighted by Gasteiger charge is -2.01. The monoisotopic (exact) mass is 259 g/mol. The molecule has 0 amide bonds. The highest BCUT2D eigenvalue weighted by Crippen LogP contribution is 2.21. The van der Waals surface area contributed by atoms with E-state index in [-0.39, 0.29) is 5.70 Å². The first-order valence-corrected chi connectivity index (χ1v) is 5.59. The molecule has 19 heavy (non-hydrogen) atoms. The number of aryl methyl sites for hydroxylation is 1. The molecule has 0 unspecified atom stereocenters. The standard InChI is InChI=1S/C13H13N3O3/c1-15-9-10(8-14-15)7-13(16(17)18)11-3-5-12(19-2)6-4-11/h3-9H,1-2H3. The first-order chi connectivity index (χ1) is 9.10. The third-order valence-corrected chi connectivity index (χ3v) is 2.61. The summed E-state index contributed by atoms with van der Waals surface area (Å²) < 4.78 is 6.62. The van der Waals surface area contributed by atoms with E-state index >= 15 is 0 Å². The van der Waals surface area contributed by atoms with Gasteiger partial charge >= 0.3 is 0 Å². The number of ether oxygens (including phenoxy) is 1. The summed E-state index contributed by atoms with van der Waals surface area (Å²) in [6.07, 6.45) is 4.79.